The molecule has 1 aromatic carbocycles. The van der Waals surface area contributed by atoms with E-state index in [0.717, 1.165) is 24.0 Å². The highest BCUT2D eigenvalue weighted by atomic mass is 16.4. The topological polar surface area (TPSA) is 57.6 Å². The first-order chi connectivity index (χ1) is 9.92. The Morgan fingerprint density at radius 1 is 1.24 bits per heavy atom. The van der Waals surface area contributed by atoms with Crippen molar-refractivity contribution in [3.63, 3.8) is 0 Å². The van der Waals surface area contributed by atoms with Crippen LogP contribution in [0.15, 0.2) is 18.2 Å². The molecule has 2 atom stereocenters. The molecule has 3 rings (SSSR count). The van der Waals surface area contributed by atoms with Gasteiger partial charge in [0.05, 0.1) is 5.41 Å². The number of benzene rings is 1. The lowest BCUT2D eigenvalue weighted by Crippen LogP contribution is -2.37. The Labute approximate surface area is 124 Å². The van der Waals surface area contributed by atoms with Gasteiger partial charge in [0.2, 0.25) is 0 Å². The van der Waals surface area contributed by atoms with Gasteiger partial charge in [-0.15, -0.1) is 0 Å². The minimum absolute atomic E-state index is 0.0307. The number of hydrogen-bond acceptors (Lipinski definition) is 2. The van der Waals surface area contributed by atoms with E-state index >= 15 is 0 Å². The van der Waals surface area contributed by atoms with Gasteiger partial charge in [-0.25, -0.2) is 0 Å². The Balaban J connectivity index is 1.86. The van der Waals surface area contributed by atoms with Gasteiger partial charge in [-0.1, -0.05) is 23.6 Å². The van der Waals surface area contributed by atoms with E-state index in [4.69, 9.17) is 0 Å². The number of aliphatic carboxylic acids is 1. The van der Waals surface area contributed by atoms with Gasteiger partial charge >= 0.3 is 5.97 Å². The van der Waals surface area contributed by atoms with Crippen LogP contribution in [0.4, 0.5) is 0 Å². The average molecular weight is 287 g/mol. The fourth-order valence-corrected chi connectivity index (χ4v) is 4.07. The summed E-state index contributed by atoms with van der Waals surface area (Å²) in [5.41, 5.74) is 2.10. The molecule has 0 radical (unpaired) electrons. The van der Waals surface area contributed by atoms with Gasteiger partial charge in [-0.2, -0.15) is 0 Å². The molecular weight excluding hydrogens is 266 g/mol. The van der Waals surface area contributed by atoms with Crippen molar-refractivity contribution < 1.29 is 14.7 Å². The number of nitrogens with zero attached hydrogens (tertiary/aromatic N) is 1. The summed E-state index contributed by atoms with van der Waals surface area (Å²) >= 11 is 0. The molecule has 1 aromatic rings. The number of hydrogen-bond donors (Lipinski definition) is 1. The lowest BCUT2D eigenvalue weighted by molar-refractivity contribution is -0.149. The quantitative estimate of drug-likeness (QED) is 0.909. The summed E-state index contributed by atoms with van der Waals surface area (Å²) in [7, 11) is 0. The zero-order valence-electron chi connectivity index (χ0n) is 12.6. The molecule has 1 heterocycles. The van der Waals surface area contributed by atoms with E-state index in [-0.39, 0.29) is 11.8 Å². The van der Waals surface area contributed by atoms with Gasteiger partial charge in [0.25, 0.3) is 5.91 Å². The Bertz CT molecular complexity index is 590. The molecule has 0 unspecified atom stereocenters. The molecular formula is C17H21NO3. The highest BCUT2D eigenvalue weighted by molar-refractivity contribution is 5.95. The summed E-state index contributed by atoms with van der Waals surface area (Å²) in [6, 6.07) is 5.81. The molecule has 1 aliphatic heterocycles. The first-order valence-corrected chi connectivity index (χ1v) is 7.53. The summed E-state index contributed by atoms with van der Waals surface area (Å²) in [5, 5.41) is 9.59. The first kappa shape index (κ1) is 14.1. The number of likely N-dealkylation sites (tertiary alicyclic amines) is 1. The van der Waals surface area contributed by atoms with Crippen LogP contribution < -0.4 is 0 Å². The van der Waals surface area contributed by atoms with Gasteiger partial charge in [-0.3, -0.25) is 9.59 Å². The van der Waals surface area contributed by atoms with E-state index in [2.05, 4.69) is 0 Å². The fourth-order valence-electron chi connectivity index (χ4n) is 4.07. The van der Waals surface area contributed by atoms with Crippen LogP contribution in [0.2, 0.25) is 0 Å². The summed E-state index contributed by atoms with van der Waals surface area (Å²) in [5.74, 6) is -0.651. The van der Waals surface area contributed by atoms with Gasteiger partial charge in [0.15, 0.2) is 0 Å². The monoisotopic (exact) mass is 287 g/mol. The number of carbonyl (C=O) groups excluding carboxylic acids is 1. The van der Waals surface area contributed by atoms with Crippen molar-refractivity contribution in [2.24, 2.45) is 11.3 Å². The van der Waals surface area contributed by atoms with Crippen LogP contribution in [0.1, 0.15) is 40.7 Å². The normalized spacial score (nSPS) is 27.7. The third-order valence-electron chi connectivity index (χ3n) is 5.05. The molecule has 2 aliphatic rings. The molecule has 1 aliphatic carbocycles. The molecule has 2 fully saturated rings. The zero-order chi connectivity index (χ0) is 15.2. The van der Waals surface area contributed by atoms with Crippen molar-refractivity contribution in [2.45, 2.75) is 33.1 Å². The van der Waals surface area contributed by atoms with E-state index < -0.39 is 11.4 Å². The second kappa shape index (κ2) is 4.86. The van der Waals surface area contributed by atoms with E-state index in [0.29, 0.717) is 25.1 Å². The van der Waals surface area contributed by atoms with Crippen LogP contribution in [0.25, 0.3) is 0 Å². The van der Waals surface area contributed by atoms with Gasteiger partial charge in [0.1, 0.15) is 0 Å². The van der Waals surface area contributed by atoms with Crippen molar-refractivity contribution in [3.8, 4) is 0 Å². The average Bonchev–Trinajstić information content (AvgIpc) is 2.93. The number of carbonyl (C=O) groups is 2. The summed E-state index contributed by atoms with van der Waals surface area (Å²) in [6.07, 6.45) is 2.58. The zero-order valence-corrected chi connectivity index (χ0v) is 12.6. The minimum Gasteiger partial charge on any atom is -0.481 e. The molecule has 4 nitrogen and oxygen atoms in total. The molecule has 112 valence electrons. The second-order valence-electron chi connectivity index (χ2n) is 6.61. The number of aryl methyl sites for hydroxylation is 2. The Morgan fingerprint density at radius 2 is 1.90 bits per heavy atom. The van der Waals surface area contributed by atoms with Crippen LogP contribution in [0.5, 0.6) is 0 Å². The standard InChI is InChI=1S/C17H21NO3/c1-11-6-12(2)8-13(7-11)15(19)18-9-14-4-3-5-17(14,10-18)16(20)21/h6-8,14H,3-5,9-10H2,1-2H3,(H,20,21)/t14-,17+/m0/s1. The SMILES string of the molecule is Cc1cc(C)cc(C(=O)N2C[C@@H]3CCC[C@@]3(C(=O)O)C2)c1. The van der Waals surface area contributed by atoms with Crippen LogP contribution >= 0.6 is 0 Å². The van der Waals surface area contributed by atoms with Gasteiger partial charge in [-0.05, 0) is 44.7 Å². The van der Waals surface area contributed by atoms with Crippen LogP contribution in [-0.4, -0.2) is 35.0 Å². The molecule has 21 heavy (non-hydrogen) atoms. The Hall–Kier alpha value is -1.84. The van der Waals surface area contributed by atoms with Crippen molar-refractivity contribution in [2.75, 3.05) is 13.1 Å². The molecule has 0 bridgehead atoms. The smallest absolute Gasteiger partial charge is 0.311 e. The first-order valence-electron chi connectivity index (χ1n) is 7.53. The maximum Gasteiger partial charge on any atom is 0.311 e. The molecule has 4 heteroatoms. The van der Waals surface area contributed by atoms with Crippen molar-refractivity contribution in [1.82, 2.24) is 4.90 Å². The second-order valence-corrected chi connectivity index (χ2v) is 6.61. The molecule has 0 aromatic heterocycles. The van der Waals surface area contributed by atoms with E-state index in [1.165, 1.54) is 0 Å². The summed E-state index contributed by atoms with van der Waals surface area (Å²) in [6.45, 7) is 4.89. The van der Waals surface area contributed by atoms with Gasteiger partial charge in [0, 0.05) is 18.7 Å². The number of fused-ring (bicyclic) bond motifs is 1. The Morgan fingerprint density at radius 3 is 2.48 bits per heavy atom. The van der Waals surface area contributed by atoms with Crippen LogP contribution in [0.3, 0.4) is 0 Å². The largest absolute Gasteiger partial charge is 0.481 e. The van der Waals surface area contributed by atoms with Crippen LogP contribution in [0, 0.1) is 25.2 Å². The van der Waals surface area contributed by atoms with Gasteiger partial charge < -0.3 is 10.0 Å². The molecule has 0 spiro atoms. The molecule has 1 N–H and O–H groups in total. The third-order valence-corrected chi connectivity index (χ3v) is 5.05. The number of amides is 1. The third kappa shape index (κ3) is 2.23. The maximum atomic E-state index is 12.7. The fraction of sp³-hybridized carbons (Fsp3) is 0.529. The predicted octanol–water partition coefficient (Wildman–Crippen LogP) is 2.63. The lowest BCUT2D eigenvalue weighted by Gasteiger charge is -2.23. The minimum atomic E-state index is -0.735. The van der Waals surface area contributed by atoms with E-state index in [1.807, 2.05) is 32.0 Å². The van der Waals surface area contributed by atoms with Crippen molar-refractivity contribution >= 4 is 11.9 Å². The summed E-state index contributed by atoms with van der Waals surface area (Å²) < 4.78 is 0. The van der Waals surface area contributed by atoms with Crippen molar-refractivity contribution in [3.05, 3.63) is 34.9 Å². The lowest BCUT2D eigenvalue weighted by atomic mass is 9.81. The Kier molecular flexibility index (Phi) is 3.27. The highest BCUT2D eigenvalue weighted by Crippen LogP contribution is 2.49. The maximum absolute atomic E-state index is 12.7. The number of rotatable bonds is 2. The predicted molar refractivity (Wildman–Crippen MR) is 79.2 cm³/mol. The van der Waals surface area contributed by atoms with Crippen LogP contribution in [-0.2, 0) is 4.79 Å². The molecule has 1 saturated heterocycles. The highest BCUT2D eigenvalue weighted by Gasteiger charge is 2.55. The van der Waals surface area contributed by atoms with E-state index in [1.54, 1.807) is 4.90 Å². The molecule has 1 amide bonds. The molecule has 1 saturated carbocycles. The number of carboxylic acid groups (broad SMARTS) is 1. The van der Waals surface area contributed by atoms with Crippen molar-refractivity contribution in [1.29, 1.82) is 0 Å². The number of carboxylic acids is 1. The summed E-state index contributed by atoms with van der Waals surface area (Å²) in [4.78, 5) is 26.1. The van der Waals surface area contributed by atoms with E-state index in [9.17, 15) is 14.7 Å².